The molecule has 1 heterocycles. The summed E-state index contributed by atoms with van der Waals surface area (Å²) in [6.45, 7) is 12.6. The third-order valence-corrected chi connectivity index (χ3v) is 6.41. The van der Waals surface area contributed by atoms with Crippen LogP contribution in [0.3, 0.4) is 0 Å². The van der Waals surface area contributed by atoms with Gasteiger partial charge in [-0.05, 0) is 0 Å². The number of hydrogen-bond acceptors (Lipinski definition) is 2. The molecule has 0 aliphatic carbocycles. The predicted molar refractivity (Wildman–Crippen MR) is 96.0 cm³/mol. The summed E-state index contributed by atoms with van der Waals surface area (Å²) in [5, 5.41) is 0. The van der Waals surface area contributed by atoms with Crippen molar-refractivity contribution in [2.24, 2.45) is 0 Å². The molecule has 0 saturated heterocycles. The molecule has 0 spiro atoms. The molecule has 1 aromatic carbocycles. The van der Waals surface area contributed by atoms with Crippen molar-refractivity contribution in [2.75, 3.05) is 24.5 Å². The maximum Gasteiger partial charge on any atom is -1.00 e. The minimum Gasteiger partial charge on any atom is -1.00 e. The standard InChI is InChI=1S/C18H26N3OSe.HI/c1-5-21(6-2,7-3)13-16-14-23-18(19-16)20(15(4)22)17-11-9-8-10-12-17;/h8-12,14H,5-7,13H2,1-4H3;1H/q+1;/p-1. The number of benzene rings is 1. The number of halogens is 1. The first-order valence-corrected chi connectivity index (χ1v) is 10.0. The second-order valence-corrected chi connectivity index (χ2v) is 7.51. The Balaban J connectivity index is 0.00000288. The molecule has 0 aliphatic heterocycles. The zero-order valence-corrected chi connectivity index (χ0v) is 18.7. The maximum absolute atomic E-state index is 12.1. The molecule has 0 saturated carbocycles. The van der Waals surface area contributed by atoms with E-state index in [9.17, 15) is 4.79 Å². The number of aromatic nitrogens is 1. The van der Waals surface area contributed by atoms with E-state index in [4.69, 9.17) is 4.98 Å². The van der Waals surface area contributed by atoms with Gasteiger partial charge in [-0.3, -0.25) is 0 Å². The van der Waals surface area contributed by atoms with Crippen molar-refractivity contribution in [3.63, 3.8) is 0 Å². The summed E-state index contributed by atoms with van der Waals surface area (Å²) in [4.78, 5) is 20.9. The van der Waals surface area contributed by atoms with Crippen molar-refractivity contribution in [2.45, 2.75) is 34.2 Å². The fourth-order valence-corrected chi connectivity index (χ4v) is 4.67. The van der Waals surface area contributed by atoms with E-state index in [0.29, 0.717) is 0 Å². The molecule has 0 atom stereocenters. The number of nitrogens with zero attached hydrogens (tertiary/aromatic N) is 3. The number of carbonyl (C=O) groups excluding carboxylic acids is 1. The van der Waals surface area contributed by atoms with E-state index < -0.39 is 0 Å². The molecular weight excluding hydrogens is 480 g/mol. The number of hydrogen-bond donors (Lipinski definition) is 0. The molecule has 1 aromatic heterocycles. The van der Waals surface area contributed by atoms with Crippen LogP contribution in [0.25, 0.3) is 0 Å². The van der Waals surface area contributed by atoms with E-state index in [1.54, 1.807) is 11.8 Å². The molecule has 24 heavy (non-hydrogen) atoms. The average Bonchev–Trinajstić information content (AvgIpc) is 3.01. The van der Waals surface area contributed by atoms with Gasteiger partial charge in [-0.15, -0.1) is 0 Å². The Morgan fingerprint density at radius 3 is 2.21 bits per heavy atom. The predicted octanol–water partition coefficient (Wildman–Crippen LogP) is 0.204. The molecular formula is C18H26IN3OSe. The Bertz CT molecular complexity index is 632. The molecule has 0 aliphatic rings. The topological polar surface area (TPSA) is 33.2 Å². The Hall–Kier alpha value is -0.691. The fourth-order valence-electron chi connectivity index (χ4n) is 2.83. The molecule has 4 nitrogen and oxygen atoms in total. The molecule has 2 rings (SSSR count). The summed E-state index contributed by atoms with van der Waals surface area (Å²) in [5.41, 5.74) is 2.03. The maximum atomic E-state index is 12.1. The quantitative estimate of drug-likeness (QED) is 0.306. The second kappa shape index (κ2) is 9.70. The van der Waals surface area contributed by atoms with E-state index in [0.717, 1.165) is 46.7 Å². The first-order chi connectivity index (χ1) is 11.0. The van der Waals surface area contributed by atoms with E-state index in [-0.39, 0.29) is 44.4 Å². The van der Waals surface area contributed by atoms with Crippen molar-refractivity contribution in [3.05, 3.63) is 41.0 Å². The number of anilines is 2. The third kappa shape index (κ3) is 4.91. The third-order valence-electron chi connectivity index (χ3n) is 4.57. The van der Waals surface area contributed by atoms with Crippen LogP contribution in [0.15, 0.2) is 35.3 Å². The van der Waals surface area contributed by atoms with E-state index in [1.165, 1.54) is 0 Å². The molecule has 0 unspecified atom stereocenters. The normalized spacial score (nSPS) is 11.0. The second-order valence-electron chi connectivity index (χ2n) is 5.76. The van der Waals surface area contributed by atoms with Gasteiger partial charge in [0.2, 0.25) is 0 Å². The molecule has 0 N–H and O–H groups in total. The molecule has 6 heteroatoms. The minimum atomic E-state index is 0. The summed E-state index contributed by atoms with van der Waals surface area (Å²) in [6, 6.07) is 9.79. The Morgan fingerprint density at radius 1 is 1.12 bits per heavy atom. The summed E-state index contributed by atoms with van der Waals surface area (Å²) in [7, 11) is 0. The van der Waals surface area contributed by atoms with Gasteiger partial charge in [0.05, 0.1) is 0 Å². The van der Waals surface area contributed by atoms with Gasteiger partial charge in [-0.2, -0.15) is 0 Å². The van der Waals surface area contributed by atoms with Crippen LogP contribution in [0, 0.1) is 0 Å². The monoisotopic (exact) mass is 507 g/mol. The van der Waals surface area contributed by atoms with Gasteiger partial charge in [0.15, 0.2) is 0 Å². The minimum absolute atomic E-state index is 0. The average molecular weight is 506 g/mol. The first-order valence-electron chi connectivity index (χ1n) is 8.20. The molecule has 0 radical (unpaired) electrons. The summed E-state index contributed by atoms with van der Waals surface area (Å²) in [6.07, 6.45) is 0. The Kier molecular flexibility index (Phi) is 8.63. The fraction of sp³-hybridized carbons (Fsp3) is 0.444. The van der Waals surface area contributed by atoms with Gasteiger partial charge in [0, 0.05) is 0 Å². The van der Waals surface area contributed by atoms with E-state index >= 15 is 0 Å². The zero-order chi connectivity index (χ0) is 16.9. The van der Waals surface area contributed by atoms with Crippen LogP contribution >= 0.6 is 0 Å². The smallest absolute Gasteiger partial charge is 1.00 e. The first kappa shape index (κ1) is 21.4. The SMILES string of the molecule is CC[N+](CC)(CC)Cc1c[se]c(N(C(C)=O)c2ccccc2)n1.[I-]. The van der Waals surface area contributed by atoms with Crippen LogP contribution in [-0.4, -0.2) is 49.5 Å². The van der Waals surface area contributed by atoms with Gasteiger partial charge >= 0.3 is 145 Å². The van der Waals surface area contributed by atoms with E-state index in [2.05, 4.69) is 25.7 Å². The van der Waals surface area contributed by atoms with Crippen LogP contribution < -0.4 is 28.9 Å². The Morgan fingerprint density at radius 2 is 1.71 bits per heavy atom. The molecule has 0 bridgehead atoms. The summed E-state index contributed by atoms with van der Waals surface area (Å²) < 4.78 is 1.94. The van der Waals surface area contributed by atoms with Crippen LogP contribution in [0.4, 0.5) is 10.4 Å². The van der Waals surface area contributed by atoms with Crippen molar-refractivity contribution in [1.82, 2.24) is 4.98 Å². The van der Waals surface area contributed by atoms with Gasteiger partial charge < -0.3 is 24.0 Å². The molecule has 132 valence electrons. The summed E-state index contributed by atoms with van der Waals surface area (Å²) >= 11 is 0.113. The number of amides is 1. The van der Waals surface area contributed by atoms with Crippen molar-refractivity contribution in [3.8, 4) is 0 Å². The van der Waals surface area contributed by atoms with E-state index in [1.807, 2.05) is 30.3 Å². The number of rotatable bonds is 7. The van der Waals surface area contributed by atoms with Crippen LogP contribution in [0.2, 0.25) is 0 Å². The van der Waals surface area contributed by atoms with Crippen LogP contribution in [0.5, 0.6) is 0 Å². The number of para-hydroxylation sites is 1. The molecule has 0 fully saturated rings. The number of carbonyl (C=O) groups is 1. The Labute approximate surface area is 168 Å². The van der Waals surface area contributed by atoms with Gasteiger partial charge in [-0.25, -0.2) is 0 Å². The summed E-state index contributed by atoms with van der Waals surface area (Å²) in [5.74, 6) is 0.0219. The molecule has 2 aromatic rings. The zero-order valence-electron chi connectivity index (χ0n) is 14.8. The van der Waals surface area contributed by atoms with Gasteiger partial charge in [-0.1, -0.05) is 0 Å². The molecule has 1 amide bonds. The van der Waals surface area contributed by atoms with Gasteiger partial charge in [0.1, 0.15) is 0 Å². The largest absolute Gasteiger partial charge is 1.00 e. The van der Waals surface area contributed by atoms with Crippen LogP contribution in [-0.2, 0) is 11.3 Å². The van der Waals surface area contributed by atoms with Crippen molar-refractivity contribution >= 4 is 30.8 Å². The van der Waals surface area contributed by atoms with Crippen molar-refractivity contribution < 1.29 is 33.3 Å². The van der Waals surface area contributed by atoms with Gasteiger partial charge in [0.25, 0.3) is 0 Å². The van der Waals surface area contributed by atoms with Crippen LogP contribution in [0.1, 0.15) is 33.4 Å². The number of quaternary nitrogens is 1. The van der Waals surface area contributed by atoms with Crippen molar-refractivity contribution in [1.29, 1.82) is 0 Å².